The molecule has 0 aliphatic rings. The Hall–Kier alpha value is -2.88. The van der Waals surface area contributed by atoms with Gasteiger partial charge in [0.15, 0.2) is 0 Å². The van der Waals surface area contributed by atoms with E-state index in [1.807, 2.05) is 27.7 Å². The van der Waals surface area contributed by atoms with Crippen LogP contribution in [0.5, 0.6) is 0 Å². The molecule has 0 aromatic heterocycles. The highest BCUT2D eigenvalue weighted by Crippen LogP contribution is 2.26. The van der Waals surface area contributed by atoms with Crippen molar-refractivity contribution in [3.8, 4) is 0 Å². The second-order valence-corrected chi connectivity index (χ2v) is 13.3. The van der Waals surface area contributed by atoms with Gasteiger partial charge in [-0.2, -0.15) is 0 Å². The molecule has 0 radical (unpaired) electrons. The third kappa shape index (κ3) is 8.30. The van der Waals surface area contributed by atoms with Crippen LogP contribution in [0.25, 0.3) is 0 Å². The van der Waals surface area contributed by atoms with Gasteiger partial charge in [-0.3, -0.25) is 13.9 Å². The largest absolute Gasteiger partial charge is 0.350 e. The summed E-state index contributed by atoms with van der Waals surface area (Å²) in [6.07, 6.45) is 0.338. The number of carbonyl (C=O) groups is 2. The Labute approximate surface area is 244 Å². The molecule has 208 valence electrons. The van der Waals surface area contributed by atoms with E-state index in [1.54, 1.807) is 66.7 Å². The molecule has 1 N–H and O–H groups in total. The van der Waals surface area contributed by atoms with Crippen LogP contribution < -0.4 is 9.62 Å². The molecule has 3 rings (SSSR count). The van der Waals surface area contributed by atoms with Gasteiger partial charge in [0.2, 0.25) is 11.8 Å². The van der Waals surface area contributed by atoms with Crippen LogP contribution in [-0.2, 0) is 26.2 Å². The third-order valence-corrected chi connectivity index (χ3v) is 8.44. The van der Waals surface area contributed by atoms with Crippen molar-refractivity contribution in [3.63, 3.8) is 0 Å². The molecule has 1 atom stereocenters. The number of nitrogens with zero attached hydrogens (tertiary/aromatic N) is 2. The van der Waals surface area contributed by atoms with E-state index in [2.05, 4.69) is 21.2 Å². The van der Waals surface area contributed by atoms with Crippen molar-refractivity contribution in [2.24, 2.45) is 0 Å². The fourth-order valence-electron chi connectivity index (χ4n) is 4.01. The quantitative estimate of drug-likeness (QED) is 0.296. The first kappa shape index (κ1) is 30.7. The monoisotopic (exact) mass is 633 g/mol. The molecule has 7 nitrogen and oxygen atoms in total. The fraction of sp³-hybridized carbons (Fsp3) is 0.310. The number of nitrogens with one attached hydrogen (secondary N) is 1. The predicted octanol–water partition coefficient (Wildman–Crippen LogP) is 6.02. The standard InChI is InChI=1S/C29H33BrClN3O4S/c1-5-26(28(36)32-29(2,3)4)33(19-21-11-15-23(31)16-12-21)27(35)20-34(24-17-13-22(30)14-18-24)39(37,38)25-9-7-6-8-10-25/h6-18,26H,5,19-20H2,1-4H3,(H,32,36). The lowest BCUT2D eigenvalue weighted by molar-refractivity contribution is -0.141. The van der Waals surface area contributed by atoms with Gasteiger partial charge in [0.25, 0.3) is 10.0 Å². The maximum atomic E-state index is 14.0. The number of hydrogen-bond acceptors (Lipinski definition) is 4. The minimum absolute atomic E-state index is 0.0579. The number of benzene rings is 3. The zero-order chi connectivity index (χ0) is 28.8. The molecule has 3 aromatic carbocycles. The average molecular weight is 635 g/mol. The van der Waals surface area contributed by atoms with E-state index in [9.17, 15) is 18.0 Å². The van der Waals surface area contributed by atoms with E-state index < -0.39 is 34.1 Å². The molecule has 0 spiro atoms. The molecule has 0 aliphatic heterocycles. The Morgan fingerprint density at radius 1 is 0.949 bits per heavy atom. The summed E-state index contributed by atoms with van der Waals surface area (Å²) in [5.41, 5.74) is 0.574. The summed E-state index contributed by atoms with van der Waals surface area (Å²) in [4.78, 5) is 28.8. The second-order valence-electron chi connectivity index (χ2n) is 10.1. The van der Waals surface area contributed by atoms with Crippen LogP contribution in [0.15, 0.2) is 88.2 Å². The molecule has 0 heterocycles. The van der Waals surface area contributed by atoms with Crippen molar-refractivity contribution < 1.29 is 18.0 Å². The van der Waals surface area contributed by atoms with Crippen LogP contribution >= 0.6 is 27.5 Å². The van der Waals surface area contributed by atoms with Gasteiger partial charge in [-0.05, 0) is 81.3 Å². The van der Waals surface area contributed by atoms with Crippen molar-refractivity contribution in [2.75, 3.05) is 10.8 Å². The van der Waals surface area contributed by atoms with Gasteiger partial charge in [0, 0.05) is 21.6 Å². The van der Waals surface area contributed by atoms with Gasteiger partial charge in [0.05, 0.1) is 10.6 Å². The smallest absolute Gasteiger partial charge is 0.264 e. The summed E-state index contributed by atoms with van der Waals surface area (Å²) in [5.74, 6) is -0.822. The Morgan fingerprint density at radius 3 is 2.08 bits per heavy atom. The highest BCUT2D eigenvalue weighted by atomic mass is 79.9. The van der Waals surface area contributed by atoms with Gasteiger partial charge in [-0.15, -0.1) is 0 Å². The first-order valence-corrected chi connectivity index (χ1v) is 15.1. The van der Waals surface area contributed by atoms with Crippen LogP contribution in [0.3, 0.4) is 0 Å². The molecule has 1 unspecified atom stereocenters. The summed E-state index contributed by atoms with van der Waals surface area (Å²) >= 11 is 9.44. The molecule has 39 heavy (non-hydrogen) atoms. The molecular weight excluding hydrogens is 602 g/mol. The van der Waals surface area contributed by atoms with Crippen LogP contribution in [0.2, 0.25) is 5.02 Å². The highest BCUT2D eigenvalue weighted by Gasteiger charge is 2.34. The van der Waals surface area contributed by atoms with E-state index in [4.69, 9.17) is 11.6 Å². The molecule has 0 saturated heterocycles. The highest BCUT2D eigenvalue weighted by molar-refractivity contribution is 9.10. The minimum Gasteiger partial charge on any atom is -0.350 e. The summed E-state index contributed by atoms with van der Waals surface area (Å²) in [5, 5.41) is 3.50. The molecule has 0 aliphatic carbocycles. The van der Waals surface area contributed by atoms with Gasteiger partial charge in [0.1, 0.15) is 12.6 Å². The van der Waals surface area contributed by atoms with Gasteiger partial charge >= 0.3 is 0 Å². The number of halogens is 2. The van der Waals surface area contributed by atoms with E-state index in [0.29, 0.717) is 17.1 Å². The zero-order valence-electron chi connectivity index (χ0n) is 22.4. The van der Waals surface area contributed by atoms with Crippen molar-refractivity contribution in [1.82, 2.24) is 10.2 Å². The average Bonchev–Trinajstić information content (AvgIpc) is 2.88. The second kappa shape index (κ2) is 13.0. The summed E-state index contributed by atoms with van der Waals surface area (Å²) < 4.78 is 29.4. The topological polar surface area (TPSA) is 86.8 Å². The molecule has 0 saturated carbocycles. The SMILES string of the molecule is CCC(C(=O)NC(C)(C)C)N(Cc1ccc(Cl)cc1)C(=O)CN(c1ccc(Br)cc1)S(=O)(=O)c1ccccc1. The Balaban J connectivity index is 2.05. The molecule has 10 heteroatoms. The van der Waals surface area contributed by atoms with E-state index >= 15 is 0 Å². The van der Waals surface area contributed by atoms with Crippen molar-refractivity contribution >= 4 is 55.1 Å². The lowest BCUT2D eigenvalue weighted by Crippen LogP contribution is -2.55. The van der Waals surface area contributed by atoms with E-state index in [0.717, 1.165) is 14.3 Å². The maximum absolute atomic E-state index is 14.0. The van der Waals surface area contributed by atoms with Crippen LogP contribution in [-0.4, -0.2) is 43.3 Å². The zero-order valence-corrected chi connectivity index (χ0v) is 25.6. The summed E-state index contributed by atoms with van der Waals surface area (Å²) in [7, 11) is -4.10. The third-order valence-electron chi connectivity index (χ3n) is 5.87. The number of hydrogen-bond donors (Lipinski definition) is 1. The Morgan fingerprint density at radius 2 is 1.54 bits per heavy atom. The summed E-state index contributed by atoms with van der Waals surface area (Å²) in [6, 6.07) is 20.8. The van der Waals surface area contributed by atoms with Crippen LogP contribution in [0.4, 0.5) is 5.69 Å². The Kier molecular flexibility index (Phi) is 10.2. The first-order chi connectivity index (χ1) is 18.3. The molecule has 0 bridgehead atoms. The normalized spacial score (nSPS) is 12.5. The van der Waals surface area contributed by atoms with E-state index in [1.165, 1.54) is 17.0 Å². The van der Waals surface area contributed by atoms with E-state index in [-0.39, 0.29) is 17.3 Å². The van der Waals surface area contributed by atoms with Crippen molar-refractivity contribution in [3.05, 3.63) is 93.9 Å². The predicted molar refractivity (Wildman–Crippen MR) is 159 cm³/mol. The molecule has 3 aromatic rings. The fourth-order valence-corrected chi connectivity index (χ4v) is 5.84. The minimum atomic E-state index is -4.10. The lowest BCUT2D eigenvalue weighted by atomic mass is 10.1. The number of carbonyl (C=O) groups excluding carboxylic acids is 2. The number of rotatable bonds is 10. The molecule has 2 amide bonds. The van der Waals surface area contributed by atoms with Gasteiger partial charge in [-0.1, -0.05) is 64.8 Å². The molecule has 0 fully saturated rings. The first-order valence-electron chi connectivity index (χ1n) is 12.5. The van der Waals surface area contributed by atoms with Gasteiger partial charge in [-0.25, -0.2) is 8.42 Å². The van der Waals surface area contributed by atoms with Gasteiger partial charge < -0.3 is 10.2 Å². The number of amides is 2. The lowest BCUT2D eigenvalue weighted by Gasteiger charge is -2.34. The number of sulfonamides is 1. The van der Waals surface area contributed by atoms with Crippen molar-refractivity contribution in [1.29, 1.82) is 0 Å². The number of anilines is 1. The van der Waals surface area contributed by atoms with Crippen LogP contribution in [0.1, 0.15) is 39.7 Å². The maximum Gasteiger partial charge on any atom is 0.264 e. The Bertz CT molecular complexity index is 1380. The van der Waals surface area contributed by atoms with Crippen molar-refractivity contribution in [2.45, 2.75) is 57.1 Å². The van der Waals surface area contributed by atoms with Crippen LogP contribution in [0, 0.1) is 0 Å². The summed E-state index contributed by atoms with van der Waals surface area (Å²) in [6.45, 7) is 7.03. The molecular formula is C29H33BrClN3O4S.